The molecule has 0 fully saturated rings. The Hall–Kier alpha value is -1.24. The molecule has 2 rings (SSSR count). The Morgan fingerprint density at radius 1 is 1.07 bits per heavy atom. The predicted octanol–water partition coefficient (Wildman–Crippen LogP) is 3.70. The first-order chi connectivity index (χ1) is 6.50. The number of rotatable bonds is 0. The molecule has 0 spiro atoms. The first-order valence-corrected chi connectivity index (χ1v) is 5.07. The summed E-state index contributed by atoms with van der Waals surface area (Å²) in [7, 11) is 0. The van der Waals surface area contributed by atoms with Gasteiger partial charge in [-0.1, -0.05) is 24.3 Å². The third-order valence-corrected chi connectivity index (χ3v) is 2.70. The van der Waals surface area contributed by atoms with Crippen LogP contribution in [0.25, 0.3) is 10.8 Å². The first kappa shape index (κ1) is 9.32. The van der Waals surface area contributed by atoms with E-state index < -0.39 is 0 Å². The monoisotopic (exact) mass is 187 g/mol. The van der Waals surface area contributed by atoms with Crippen molar-refractivity contribution in [2.24, 2.45) is 0 Å². The zero-order valence-corrected chi connectivity index (χ0v) is 9.33. The Morgan fingerprint density at radius 2 is 1.71 bits per heavy atom. The van der Waals surface area contributed by atoms with Crippen molar-refractivity contribution in [3.63, 3.8) is 0 Å². The van der Waals surface area contributed by atoms with E-state index in [4.69, 9.17) is 0 Å². The Morgan fingerprint density at radius 3 is 2.29 bits per heavy atom. The number of fused-ring (bicyclic) bond motifs is 1. The molecule has 0 saturated heterocycles. The Bertz CT molecular complexity index is 458. The van der Waals surface area contributed by atoms with Crippen molar-refractivity contribution in [2.45, 2.75) is 33.2 Å². The van der Waals surface area contributed by atoms with Crippen LogP contribution in [0.15, 0.2) is 30.5 Å². The van der Waals surface area contributed by atoms with Crippen molar-refractivity contribution in [1.82, 2.24) is 4.57 Å². The van der Waals surface area contributed by atoms with E-state index in [-0.39, 0.29) is 5.54 Å². The molecule has 14 heavy (non-hydrogen) atoms. The molecule has 0 atom stereocenters. The highest BCUT2D eigenvalue weighted by atomic mass is 15.0. The van der Waals surface area contributed by atoms with Gasteiger partial charge >= 0.3 is 0 Å². The normalized spacial score (nSPS) is 12.3. The standard InChI is InChI=1S/C13H17N/c1-10-12-8-6-5-7-11(12)9-14(10)13(2,3)4/h5-9H,1-4H3. The molecule has 0 bridgehead atoms. The lowest BCUT2D eigenvalue weighted by Crippen LogP contribution is -2.21. The van der Waals surface area contributed by atoms with Gasteiger partial charge in [0.2, 0.25) is 0 Å². The van der Waals surface area contributed by atoms with Crippen LogP contribution in [0.1, 0.15) is 26.5 Å². The molecular formula is C13H17N. The van der Waals surface area contributed by atoms with Crippen molar-refractivity contribution in [1.29, 1.82) is 0 Å². The molecule has 74 valence electrons. The van der Waals surface area contributed by atoms with E-state index in [2.05, 4.69) is 62.7 Å². The summed E-state index contributed by atoms with van der Waals surface area (Å²) in [5, 5.41) is 2.70. The van der Waals surface area contributed by atoms with E-state index in [1.54, 1.807) is 0 Å². The molecule has 0 amide bonds. The SMILES string of the molecule is Cc1c2ccccc2cn1C(C)(C)C. The summed E-state index contributed by atoms with van der Waals surface area (Å²) >= 11 is 0. The van der Waals surface area contributed by atoms with Gasteiger partial charge in [-0.2, -0.15) is 0 Å². The van der Waals surface area contributed by atoms with Gasteiger partial charge in [0, 0.05) is 22.8 Å². The van der Waals surface area contributed by atoms with E-state index in [0.29, 0.717) is 0 Å². The van der Waals surface area contributed by atoms with Crippen LogP contribution in [0, 0.1) is 6.92 Å². The molecule has 1 heteroatoms. The van der Waals surface area contributed by atoms with Crippen LogP contribution in [0.3, 0.4) is 0 Å². The molecule has 1 heterocycles. The molecule has 0 unspecified atom stereocenters. The summed E-state index contributed by atoms with van der Waals surface area (Å²) in [4.78, 5) is 0. The number of nitrogens with zero attached hydrogens (tertiary/aromatic N) is 1. The third kappa shape index (κ3) is 1.33. The van der Waals surface area contributed by atoms with E-state index in [0.717, 1.165) is 0 Å². The topological polar surface area (TPSA) is 4.93 Å². The number of aryl methyl sites for hydroxylation is 1. The second-order valence-corrected chi connectivity index (χ2v) is 4.84. The fourth-order valence-corrected chi connectivity index (χ4v) is 2.00. The van der Waals surface area contributed by atoms with Crippen LogP contribution >= 0.6 is 0 Å². The molecule has 0 radical (unpaired) electrons. The maximum atomic E-state index is 2.34. The molecule has 1 aromatic heterocycles. The average Bonchev–Trinajstić information content (AvgIpc) is 2.44. The second kappa shape index (κ2) is 2.88. The van der Waals surface area contributed by atoms with Crippen molar-refractivity contribution >= 4 is 10.8 Å². The highest BCUT2D eigenvalue weighted by Gasteiger charge is 2.16. The number of aromatic nitrogens is 1. The zero-order chi connectivity index (χ0) is 10.3. The minimum atomic E-state index is 0.170. The van der Waals surface area contributed by atoms with Gasteiger partial charge in [-0.25, -0.2) is 0 Å². The van der Waals surface area contributed by atoms with Gasteiger partial charge < -0.3 is 4.57 Å². The number of hydrogen-bond donors (Lipinski definition) is 0. The lowest BCUT2D eigenvalue weighted by Gasteiger charge is -2.23. The highest BCUT2D eigenvalue weighted by Crippen LogP contribution is 2.26. The quantitative estimate of drug-likeness (QED) is 0.592. The van der Waals surface area contributed by atoms with Crippen molar-refractivity contribution < 1.29 is 0 Å². The second-order valence-electron chi connectivity index (χ2n) is 4.84. The summed E-state index contributed by atoms with van der Waals surface area (Å²) in [5.41, 5.74) is 1.52. The minimum absolute atomic E-state index is 0.170. The van der Waals surface area contributed by atoms with Gasteiger partial charge in [-0.05, 0) is 33.1 Å². The summed E-state index contributed by atoms with van der Waals surface area (Å²) in [6, 6.07) is 8.55. The highest BCUT2D eigenvalue weighted by molar-refractivity contribution is 5.85. The van der Waals surface area contributed by atoms with Crippen LogP contribution in [-0.4, -0.2) is 4.57 Å². The van der Waals surface area contributed by atoms with Crippen LogP contribution < -0.4 is 0 Å². The molecule has 2 aromatic rings. The fraction of sp³-hybridized carbons (Fsp3) is 0.385. The lowest BCUT2D eigenvalue weighted by atomic mass is 10.1. The van der Waals surface area contributed by atoms with Gasteiger partial charge in [-0.15, -0.1) is 0 Å². The molecule has 0 aliphatic carbocycles. The van der Waals surface area contributed by atoms with Gasteiger partial charge in [-0.3, -0.25) is 0 Å². The van der Waals surface area contributed by atoms with Crippen LogP contribution in [-0.2, 0) is 5.54 Å². The Labute approximate surface area is 85.4 Å². The molecule has 1 nitrogen and oxygen atoms in total. The van der Waals surface area contributed by atoms with Gasteiger partial charge in [0.15, 0.2) is 0 Å². The fourth-order valence-electron chi connectivity index (χ4n) is 2.00. The summed E-state index contributed by atoms with van der Waals surface area (Å²) in [6.07, 6.45) is 2.24. The van der Waals surface area contributed by atoms with Gasteiger partial charge in [0.25, 0.3) is 0 Å². The van der Waals surface area contributed by atoms with Crippen molar-refractivity contribution in [3.05, 3.63) is 36.2 Å². The van der Waals surface area contributed by atoms with Crippen molar-refractivity contribution in [2.75, 3.05) is 0 Å². The summed E-state index contributed by atoms with van der Waals surface area (Å²) in [5.74, 6) is 0. The summed E-state index contributed by atoms with van der Waals surface area (Å²) < 4.78 is 2.34. The average molecular weight is 187 g/mol. The van der Waals surface area contributed by atoms with Crippen molar-refractivity contribution in [3.8, 4) is 0 Å². The smallest absolute Gasteiger partial charge is 0.0358 e. The first-order valence-electron chi connectivity index (χ1n) is 5.07. The molecule has 0 aliphatic heterocycles. The van der Waals surface area contributed by atoms with Gasteiger partial charge in [0.1, 0.15) is 0 Å². The van der Waals surface area contributed by atoms with E-state index in [1.165, 1.54) is 16.5 Å². The van der Waals surface area contributed by atoms with Crippen LogP contribution in [0.2, 0.25) is 0 Å². The van der Waals surface area contributed by atoms with Crippen LogP contribution in [0.4, 0.5) is 0 Å². The Kier molecular flexibility index (Phi) is 1.91. The molecular weight excluding hydrogens is 170 g/mol. The maximum Gasteiger partial charge on any atom is 0.0358 e. The van der Waals surface area contributed by atoms with Gasteiger partial charge in [0.05, 0.1) is 0 Å². The predicted molar refractivity (Wildman–Crippen MR) is 61.7 cm³/mol. The van der Waals surface area contributed by atoms with E-state index in [1.807, 2.05) is 0 Å². The Balaban J connectivity index is 2.75. The summed E-state index contributed by atoms with van der Waals surface area (Å²) in [6.45, 7) is 8.89. The van der Waals surface area contributed by atoms with E-state index >= 15 is 0 Å². The number of hydrogen-bond acceptors (Lipinski definition) is 0. The third-order valence-electron chi connectivity index (χ3n) is 2.70. The van der Waals surface area contributed by atoms with E-state index in [9.17, 15) is 0 Å². The zero-order valence-electron chi connectivity index (χ0n) is 9.33. The minimum Gasteiger partial charge on any atom is -0.345 e. The molecule has 0 aliphatic rings. The number of benzene rings is 1. The van der Waals surface area contributed by atoms with Crippen LogP contribution in [0.5, 0.6) is 0 Å². The largest absolute Gasteiger partial charge is 0.345 e. The molecule has 0 N–H and O–H groups in total. The molecule has 1 aromatic carbocycles. The molecule has 0 saturated carbocycles. The lowest BCUT2D eigenvalue weighted by molar-refractivity contribution is 0.392. The maximum absolute atomic E-state index is 2.34.